The molecule has 1 aliphatic heterocycles. The Hall–Kier alpha value is -2.53. The molecule has 0 spiro atoms. The molecule has 2 aromatic rings. The lowest BCUT2D eigenvalue weighted by atomic mass is 9.95. The lowest BCUT2D eigenvalue weighted by molar-refractivity contribution is -0.120. The van der Waals surface area contributed by atoms with Gasteiger partial charge in [-0.2, -0.15) is 0 Å². The van der Waals surface area contributed by atoms with Crippen LogP contribution in [-0.4, -0.2) is 44.2 Å². The molecule has 5 heteroatoms. The van der Waals surface area contributed by atoms with Crippen molar-refractivity contribution < 1.29 is 14.3 Å². The molecular formula is C24H32N2O3. The zero-order valence-corrected chi connectivity index (χ0v) is 17.9. The van der Waals surface area contributed by atoms with Crippen molar-refractivity contribution in [3.63, 3.8) is 0 Å². The van der Waals surface area contributed by atoms with Crippen molar-refractivity contribution in [1.82, 2.24) is 10.2 Å². The van der Waals surface area contributed by atoms with Gasteiger partial charge in [0, 0.05) is 25.7 Å². The van der Waals surface area contributed by atoms with Crippen LogP contribution in [0.1, 0.15) is 30.5 Å². The molecule has 2 aromatic carbocycles. The highest BCUT2D eigenvalue weighted by molar-refractivity contribution is 5.78. The normalized spacial score (nSPS) is 14.9. The average molecular weight is 397 g/mol. The minimum atomic E-state index is 0.0280. The highest BCUT2D eigenvalue weighted by Gasteiger charge is 2.26. The Morgan fingerprint density at radius 3 is 2.48 bits per heavy atom. The van der Waals surface area contributed by atoms with E-state index in [2.05, 4.69) is 48.3 Å². The van der Waals surface area contributed by atoms with Gasteiger partial charge in [0.05, 0.1) is 20.6 Å². The molecule has 1 unspecified atom stereocenters. The summed E-state index contributed by atoms with van der Waals surface area (Å²) >= 11 is 0. The molecule has 1 N–H and O–H groups in total. The fraction of sp³-hybridized carbons (Fsp3) is 0.458. The number of hydrogen-bond acceptors (Lipinski definition) is 4. The number of amides is 1. The molecule has 1 heterocycles. The number of benzene rings is 2. The second-order valence-corrected chi connectivity index (χ2v) is 7.97. The van der Waals surface area contributed by atoms with Crippen LogP contribution in [0.3, 0.4) is 0 Å². The number of fused-ring (bicyclic) bond motifs is 1. The van der Waals surface area contributed by atoms with Crippen LogP contribution in [0.4, 0.5) is 0 Å². The van der Waals surface area contributed by atoms with Crippen LogP contribution >= 0.6 is 0 Å². The smallest absolute Gasteiger partial charge is 0.224 e. The Kier molecular flexibility index (Phi) is 7.15. The molecule has 1 aliphatic rings. The number of carbonyl (C=O) groups excluding carboxylic acids is 1. The van der Waals surface area contributed by atoms with Gasteiger partial charge in [-0.1, -0.05) is 44.2 Å². The first-order valence-electron chi connectivity index (χ1n) is 10.3. The van der Waals surface area contributed by atoms with Crippen molar-refractivity contribution in [3.05, 3.63) is 59.2 Å². The third kappa shape index (κ3) is 5.30. The lowest BCUT2D eigenvalue weighted by Crippen LogP contribution is -2.48. The van der Waals surface area contributed by atoms with E-state index < -0.39 is 0 Å². The fourth-order valence-corrected chi connectivity index (χ4v) is 4.04. The molecule has 0 aliphatic carbocycles. The summed E-state index contributed by atoms with van der Waals surface area (Å²) in [5.74, 6) is 1.80. The first kappa shape index (κ1) is 21.2. The predicted octanol–water partition coefficient (Wildman–Crippen LogP) is 3.45. The van der Waals surface area contributed by atoms with Gasteiger partial charge < -0.3 is 14.8 Å². The zero-order valence-electron chi connectivity index (χ0n) is 17.9. The SMILES string of the molecule is COc1ccc(CC(=O)NCC(C(C)C)N2CCc3ccccc3C2)cc1OC. The van der Waals surface area contributed by atoms with Gasteiger partial charge in [0.2, 0.25) is 5.91 Å². The number of methoxy groups -OCH3 is 2. The molecule has 3 rings (SSSR count). The van der Waals surface area contributed by atoms with Crippen molar-refractivity contribution in [2.75, 3.05) is 27.3 Å². The minimum absolute atomic E-state index is 0.0280. The molecule has 29 heavy (non-hydrogen) atoms. The molecule has 156 valence electrons. The maximum atomic E-state index is 12.6. The van der Waals surface area contributed by atoms with E-state index in [1.165, 1.54) is 11.1 Å². The standard InChI is InChI=1S/C24H32N2O3/c1-17(2)21(26-12-11-19-7-5-6-8-20(19)16-26)15-25-24(27)14-18-9-10-22(28-3)23(13-18)29-4/h5-10,13,17,21H,11-12,14-16H2,1-4H3,(H,25,27). The first-order chi connectivity index (χ1) is 14.0. The van der Waals surface area contributed by atoms with Crippen molar-refractivity contribution >= 4 is 5.91 Å². The highest BCUT2D eigenvalue weighted by atomic mass is 16.5. The molecule has 0 saturated heterocycles. The van der Waals surface area contributed by atoms with Crippen LogP contribution in [0, 0.1) is 5.92 Å². The van der Waals surface area contributed by atoms with E-state index in [-0.39, 0.29) is 5.91 Å². The quantitative estimate of drug-likeness (QED) is 0.743. The maximum Gasteiger partial charge on any atom is 0.224 e. The molecule has 0 radical (unpaired) electrons. The Labute approximate surface area is 174 Å². The predicted molar refractivity (Wildman–Crippen MR) is 115 cm³/mol. The largest absolute Gasteiger partial charge is 0.493 e. The third-order valence-electron chi connectivity index (χ3n) is 5.72. The Balaban J connectivity index is 1.59. The molecule has 1 atom stereocenters. The molecular weight excluding hydrogens is 364 g/mol. The van der Waals surface area contributed by atoms with E-state index in [1.807, 2.05) is 18.2 Å². The average Bonchev–Trinajstić information content (AvgIpc) is 2.73. The Morgan fingerprint density at radius 2 is 1.79 bits per heavy atom. The topological polar surface area (TPSA) is 50.8 Å². The van der Waals surface area contributed by atoms with E-state index in [9.17, 15) is 4.79 Å². The molecule has 5 nitrogen and oxygen atoms in total. The molecule has 0 bridgehead atoms. The van der Waals surface area contributed by atoms with Crippen molar-refractivity contribution in [2.24, 2.45) is 5.92 Å². The van der Waals surface area contributed by atoms with Crippen LogP contribution in [-0.2, 0) is 24.2 Å². The van der Waals surface area contributed by atoms with E-state index in [4.69, 9.17) is 9.47 Å². The van der Waals surface area contributed by atoms with E-state index in [0.29, 0.717) is 36.4 Å². The third-order valence-corrected chi connectivity index (χ3v) is 5.72. The second-order valence-electron chi connectivity index (χ2n) is 7.97. The van der Waals surface area contributed by atoms with E-state index in [0.717, 1.165) is 25.1 Å². The minimum Gasteiger partial charge on any atom is -0.493 e. The van der Waals surface area contributed by atoms with Crippen LogP contribution < -0.4 is 14.8 Å². The lowest BCUT2D eigenvalue weighted by Gasteiger charge is -2.38. The fourth-order valence-electron chi connectivity index (χ4n) is 4.04. The molecule has 1 amide bonds. The summed E-state index contributed by atoms with van der Waals surface area (Å²) in [4.78, 5) is 15.1. The van der Waals surface area contributed by atoms with Gasteiger partial charge in [-0.15, -0.1) is 0 Å². The van der Waals surface area contributed by atoms with Gasteiger partial charge in [-0.3, -0.25) is 9.69 Å². The first-order valence-corrected chi connectivity index (χ1v) is 10.3. The van der Waals surface area contributed by atoms with Crippen molar-refractivity contribution in [1.29, 1.82) is 0 Å². The summed E-state index contributed by atoms with van der Waals surface area (Å²) in [5.41, 5.74) is 3.76. The van der Waals surface area contributed by atoms with E-state index >= 15 is 0 Å². The van der Waals surface area contributed by atoms with Crippen LogP contribution in [0.25, 0.3) is 0 Å². The second kappa shape index (κ2) is 9.79. The van der Waals surface area contributed by atoms with Crippen LogP contribution in [0.2, 0.25) is 0 Å². The Bertz CT molecular complexity index is 835. The molecule has 0 saturated carbocycles. The number of rotatable bonds is 8. The summed E-state index contributed by atoms with van der Waals surface area (Å²) < 4.78 is 10.6. The summed E-state index contributed by atoms with van der Waals surface area (Å²) in [6, 6.07) is 14.6. The van der Waals surface area contributed by atoms with E-state index in [1.54, 1.807) is 14.2 Å². The summed E-state index contributed by atoms with van der Waals surface area (Å²) in [6.07, 6.45) is 1.40. The van der Waals surface area contributed by atoms with Gasteiger partial charge in [-0.05, 0) is 41.2 Å². The van der Waals surface area contributed by atoms with Gasteiger partial charge in [0.25, 0.3) is 0 Å². The van der Waals surface area contributed by atoms with Gasteiger partial charge >= 0.3 is 0 Å². The number of ether oxygens (including phenoxy) is 2. The highest BCUT2D eigenvalue weighted by Crippen LogP contribution is 2.27. The van der Waals surface area contributed by atoms with Crippen LogP contribution in [0.5, 0.6) is 11.5 Å². The summed E-state index contributed by atoms with van der Waals surface area (Å²) in [7, 11) is 3.21. The monoisotopic (exact) mass is 396 g/mol. The number of carbonyl (C=O) groups is 1. The van der Waals surface area contributed by atoms with Crippen LogP contribution in [0.15, 0.2) is 42.5 Å². The Morgan fingerprint density at radius 1 is 1.07 bits per heavy atom. The van der Waals surface area contributed by atoms with Crippen molar-refractivity contribution in [3.8, 4) is 11.5 Å². The molecule has 0 fully saturated rings. The number of nitrogens with zero attached hydrogens (tertiary/aromatic N) is 1. The summed E-state index contributed by atoms with van der Waals surface area (Å²) in [5, 5.41) is 3.15. The van der Waals surface area contributed by atoms with Gasteiger partial charge in [0.15, 0.2) is 11.5 Å². The van der Waals surface area contributed by atoms with Gasteiger partial charge in [-0.25, -0.2) is 0 Å². The number of hydrogen-bond donors (Lipinski definition) is 1. The number of nitrogens with one attached hydrogen (secondary N) is 1. The zero-order chi connectivity index (χ0) is 20.8. The van der Waals surface area contributed by atoms with Gasteiger partial charge in [0.1, 0.15) is 0 Å². The maximum absolute atomic E-state index is 12.6. The summed E-state index contributed by atoms with van der Waals surface area (Å²) in [6.45, 7) is 7.10. The molecule has 0 aromatic heterocycles. The van der Waals surface area contributed by atoms with Crippen molar-refractivity contribution in [2.45, 2.75) is 39.3 Å².